The molecule has 0 atom stereocenters. The Morgan fingerprint density at radius 3 is 2.29 bits per heavy atom. The van der Waals surface area contributed by atoms with Crippen LogP contribution in [0.4, 0.5) is 11.4 Å². The number of methoxy groups -OCH3 is 2. The largest absolute Gasteiger partial charge is 0.493 e. The second-order valence-electron chi connectivity index (χ2n) is 5.44. The molecule has 0 radical (unpaired) electrons. The topological polar surface area (TPSA) is 83.6 Å². The molecule has 0 saturated heterocycles. The Labute approximate surface area is 140 Å². The number of ether oxygens (including phenoxy) is 2. The van der Waals surface area contributed by atoms with E-state index in [1.807, 2.05) is 42.5 Å². The quantitative estimate of drug-likeness (QED) is 0.699. The van der Waals surface area contributed by atoms with Gasteiger partial charge in [0, 0.05) is 29.4 Å². The van der Waals surface area contributed by atoms with Gasteiger partial charge in [-0.2, -0.15) is 0 Å². The minimum atomic E-state index is 0.554. The standard InChI is InChI=1S/C19H20N2O3/c1-22-18-10-12(16(21)11-19(18)23-2)9-13-7-8-17(24-13)14-5-3-4-6-15(14)20/h3-8,10-11H,9,20-21H2,1-2H3. The van der Waals surface area contributed by atoms with Crippen molar-refractivity contribution in [3.05, 3.63) is 59.9 Å². The first-order valence-electron chi connectivity index (χ1n) is 7.56. The van der Waals surface area contributed by atoms with Crippen LogP contribution in [0.3, 0.4) is 0 Å². The summed E-state index contributed by atoms with van der Waals surface area (Å²) in [6.07, 6.45) is 0.554. The lowest BCUT2D eigenvalue weighted by molar-refractivity contribution is 0.355. The maximum Gasteiger partial charge on any atom is 0.162 e. The number of hydrogen-bond acceptors (Lipinski definition) is 5. The van der Waals surface area contributed by atoms with E-state index in [1.165, 1.54) is 0 Å². The normalized spacial score (nSPS) is 10.6. The van der Waals surface area contributed by atoms with Crippen molar-refractivity contribution in [3.8, 4) is 22.8 Å². The van der Waals surface area contributed by atoms with Crippen LogP contribution in [0.15, 0.2) is 52.9 Å². The van der Waals surface area contributed by atoms with Crippen LogP contribution in [0.25, 0.3) is 11.3 Å². The van der Waals surface area contributed by atoms with Gasteiger partial charge in [0.25, 0.3) is 0 Å². The summed E-state index contributed by atoms with van der Waals surface area (Å²) < 4.78 is 16.5. The molecule has 0 unspecified atom stereocenters. The number of anilines is 2. The van der Waals surface area contributed by atoms with Crippen LogP contribution in [0.5, 0.6) is 11.5 Å². The summed E-state index contributed by atoms with van der Waals surface area (Å²) in [4.78, 5) is 0. The van der Waals surface area contributed by atoms with E-state index >= 15 is 0 Å². The number of nitrogens with two attached hydrogens (primary N) is 2. The fraction of sp³-hybridized carbons (Fsp3) is 0.158. The van der Waals surface area contributed by atoms with E-state index in [-0.39, 0.29) is 0 Å². The lowest BCUT2D eigenvalue weighted by atomic mass is 10.1. The smallest absolute Gasteiger partial charge is 0.162 e. The summed E-state index contributed by atoms with van der Waals surface area (Å²) in [6, 6.07) is 15.1. The average molecular weight is 324 g/mol. The molecule has 124 valence electrons. The molecule has 2 aromatic carbocycles. The van der Waals surface area contributed by atoms with Gasteiger partial charge in [-0.3, -0.25) is 0 Å². The molecule has 0 fully saturated rings. The summed E-state index contributed by atoms with van der Waals surface area (Å²) in [7, 11) is 3.18. The van der Waals surface area contributed by atoms with Crippen molar-refractivity contribution in [3.63, 3.8) is 0 Å². The molecule has 4 N–H and O–H groups in total. The summed E-state index contributed by atoms with van der Waals surface area (Å²) in [5, 5.41) is 0. The second-order valence-corrected chi connectivity index (χ2v) is 5.44. The van der Waals surface area contributed by atoms with E-state index in [0.717, 1.165) is 22.6 Å². The maximum absolute atomic E-state index is 6.11. The van der Waals surface area contributed by atoms with Crippen molar-refractivity contribution >= 4 is 11.4 Å². The minimum absolute atomic E-state index is 0.554. The first-order valence-corrected chi connectivity index (χ1v) is 7.56. The molecule has 1 aromatic heterocycles. The van der Waals surface area contributed by atoms with E-state index < -0.39 is 0 Å². The van der Waals surface area contributed by atoms with Crippen LogP contribution in [-0.4, -0.2) is 14.2 Å². The molecule has 0 bridgehead atoms. The molecule has 0 saturated carbocycles. The highest BCUT2D eigenvalue weighted by atomic mass is 16.5. The Hall–Kier alpha value is -3.08. The van der Waals surface area contributed by atoms with Gasteiger partial charge in [-0.15, -0.1) is 0 Å². The second kappa shape index (κ2) is 6.58. The zero-order valence-corrected chi connectivity index (χ0v) is 13.7. The predicted molar refractivity (Wildman–Crippen MR) is 95.3 cm³/mol. The molecule has 0 aliphatic rings. The van der Waals surface area contributed by atoms with Crippen LogP contribution in [0, 0.1) is 0 Å². The van der Waals surface area contributed by atoms with Crippen molar-refractivity contribution < 1.29 is 13.9 Å². The Kier molecular flexibility index (Phi) is 4.33. The van der Waals surface area contributed by atoms with E-state index in [1.54, 1.807) is 20.3 Å². The van der Waals surface area contributed by atoms with E-state index in [0.29, 0.717) is 29.3 Å². The number of para-hydroxylation sites is 1. The Morgan fingerprint density at radius 2 is 1.58 bits per heavy atom. The molecule has 5 heteroatoms. The number of nitrogen functional groups attached to an aromatic ring is 2. The Balaban J connectivity index is 1.89. The molecular weight excluding hydrogens is 304 g/mol. The highest BCUT2D eigenvalue weighted by molar-refractivity contribution is 5.72. The highest BCUT2D eigenvalue weighted by Crippen LogP contribution is 2.34. The third-order valence-electron chi connectivity index (χ3n) is 3.90. The zero-order valence-electron chi connectivity index (χ0n) is 13.7. The van der Waals surface area contributed by atoms with Crippen molar-refractivity contribution in [1.29, 1.82) is 0 Å². The van der Waals surface area contributed by atoms with Crippen molar-refractivity contribution in [2.24, 2.45) is 0 Å². The van der Waals surface area contributed by atoms with Gasteiger partial charge in [0.2, 0.25) is 0 Å². The third kappa shape index (κ3) is 3.01. The fourth-order valence-corrected chi connectivity index (χ4v) is 2.62. The molecule has 3 aromatic rings. The molecule has 5 nitrogen and oxygen atoms in total. The van der Waals surface area contributed by atoms with Crippen LogP contribution in [-0.2, 0) is 6.42 Å². The first kappa shape index (κ1) is 15.8. The Bertz CT molecular complexity index is 856. The molecule has 0 aliphatic heterocycles. The monoisotopic (exact) mass is 324 g/mol. The number of benzene rings is 2. The molecule has 0 spiro atoms. The van der Waals surface area contributed by atoms with Gasteiger partial charge >= 0.3 is 0 Å². The fourth-order valence-electron chi connectivity index (χ4n) is 2.62. The SMILES string of the molecule is COc1cc(N)c(Cc2ccc(-c3ccccc3N)o2)cc1OC. The van der Waals surface area contributed by atoms with E-state index in [9.17, 15) is 0 Å². The van der Waals surface area contributed by atoms with Crippen molar-refractivity contribution in [2.75, 3.05) is 25.7 Å². The summed E-state index contributed by atoms with van der Waals surface area (Å²) in [5.41, 5.74) is 15.2. The number of furan rings is 1. The van der Waals surface area contributed by atoms with Crippen LogP contribution in [0.1, 0.15) is 11.3 Å². The van der Waals surface area contributed by atoms with E-state index in [4.69, 9.17) is 25.4 Å². The van der Waals surface area contributed by atoms with Gasteiger partial charge in [-0.1, -0.05) is 12.1 Å². The van der Waals surface area contributed by atoms with Gasteiger partial charge in [0.1, 0.15) is 11.5 Å². The average Bonchev–Trinajstić information content (AvgIpc) is 3.05. The lowest BCUT2D eigenvalue weighted by Gasteiger charge is -2.11. The number of rotatable bonds is 5. The predicted octanol–water partition coefficient (Wildman–Crippen LogP) is 3.72. The van der Waals surface area contributed by atoms with Crippen LogP contribution < -0.4 is 20.9 Å². The maximum atomic E-state index is 6.11. The molecular formula is C19H20N2O3. The third-order valence-corrected chi connectivity index (χ3v) is 3.90. The van der Waals surface area contributed by atoms with Crippen molar-refractivity contribution in [1.82, 2.24) is 0 Å². The minimum Gasteiger partial charge on any atom is -0.493 e. The molecule has 0 aliphatic carbocycles. The molecule has 0 amide bonds. The van der Waals surface area contributed by atoms with Gasteiger partial charge in [0.05, 0.1) is 14.2 Å². The highest BCUT2D eigenvalue weighted by Gasteiger charge is 2.13. The summed E-state index contributed by atoms with van der Waals surface area (Å²) >= 11 is 0. The summed E-state index contributed by atoms with van der Waals surface area (Å²) in [5.74, 6) is 2.78. The summed E-state index contributed by atoms with van der Waals surface area (Å²) in [6.45, 7) is 0. The van der Waals surface area contributed by atoms with Gasteiger partial charge in [0.15, 0.2) is 11.5 Å². The van der Waals surface area contributed by atoms with Gasteiger partial charge in [-0.25, -0.2) is 0 Å². The van der Waals surface area contributed by atoms with Crippen molar-refractivity contribution in [2.45, 2.75) is 6.42 Å². The molecule has 1 heterocycles. The van der Waals surface area contributed by atoms with E-state index in [2.05, 4.69) is 0 Å². The van der Waals surface area contributed by atoms with Crippen LogP contribution in [0.2, 0.25) is 0 Å². The van der Waals surface area contributed by atoms with Crippen LogP contribution >= 0.6 is 0 Å². The number of hydrogen-bond donors (Lipinski definition) is 2. The van der Waals surface area contributed by atoms with Gasteiger partial charge in [-0.05, 0) is 35.9 Å². The van der Waals surface area contributed by atoms with Gasteiger partial charge < -0.3 is 25.4 Å². The lowest BCUT2D eigenvalue weighted by Crippen LogP contribution is -1.99. The zero-order chi connectivity index (χ0) is 17.1. The Morgan fingerprint density at radius 1 is 0.875 bits per heavy atom. The molecule has 3 rings (SSSR count). The molecule has 24 heavy (non-hydrogen) atoms. The first-order chi connectivity index (χ1) is 11.6.